The Bertz CT molecular complexity index is 534. The monoisotopic (exact) mass is 310 g/mol. The number of methoxy groups -OCH3 is 1. The summed E-state index contributed by atoms with van der Waals surface area (Å²) in [6, 6.07) is 9.57. The average molecular weight is 311 g/mol. The third kappa shape index (κ3) is 2.76. The van der Waals surface area contributed by atoms with E-state index in [0.717, 1.165) is 10.0 Å². The number of hydrogen-bond acceptors (Lipinski definition) is 3. The molecular formula is C13H11BrO2S. The molecule has 0 saturated heterocycles. The zero-order valence-electron chi connectivity index (χ0n) is 9.27. The Hall–Kier alpha value is -1.13. The smallest absolute Gasteiger partial charge is 0.180 e. The number of carbonyl (C=O) groups excluding carboxylic acids is 1. The Morgan fingerprint density at radius 1 is 1.35 bits per heavy atom. The molecule has 0 fully saturated rings. The van der Waals surface area contributed by atoms with Gasteiger partial charge in [0.15, 0.2) is 5.78 Å². The highest BCUT2D eigenvalue weighted by atomic mass is 79.9. The number of hydrogen-bond donors (Lipinski definition) is 0. The van der Waals surface area contributed by atoms with Crippen molar-refractivity contribution in [1.29, 1.82) is 0 Å². The molecule has 4 heteroatoms. The molecule has 0 bridgehead atoms. The summed E-state index contributed by atoms with van der Waals surface area (Å²) in [7, 11) is 1.58. The van der Waals surface area contributed by atoms with Crippen molar-refractivity contribution in [3.63, 3.8) is 0 Å². The van der Waals surface area contributed by atoms with Gasteiger partial charge in [-0.25, -0.2) is 0 Å². The van der Waals surface area contributed by atoms with Crippen molar-refractivity contribution in [3.8, 4) is 5.75 Å². The lowest BCUT2D eigenvalue weighted by Crippen LogP contribution is -2.03. The van der Waals surface area contributed by atoms with Gasteiger partial charge < -0.3 is 4.74 Å². The van der Waals surface area contributed by atoms with E-state index in [4.69, 9.17) is 4.74 Å². The van der Waals surface area contributed by atoms with E-state index >= 15 is 0 Å². The van der Waals surface area contributed by atoms with E-state index in [2.05, 4.69) is 15.9 Å². The summed E-state index contributed by atoms with van der Waals surface area (Å²) >= 11 is 4.86. The average Bonchev–Trinajstić information content (AvgIpc) is 2.80. The fourth-order valence-electron chi connectivity index (χ4n) is 1.56. The zero-order valence-corrected chi connectivity index (χ0v) is 11.7. The van der Waals surface area contributed by atoms with Crippen LogP contribution in [0.15, 0.2) is 40.2 Å². The molecule has 88 valence electrons. The first-order chi connectivity index (χ1) is 8.22. The number of ether oxygens (including phenoxy) is 1. The maximum atomic E-state index is 12.1. The van der Waals surface area contributed by atoms with Gasteiger partial charge in [0.05, 0.1) is 7.11 Å². The maximum Gasteiger partial charge on any atom is 0.180 e. The van der Waals surface area contributed by atoms with Crippen molar-refractivity contribution < 1.29 is 9.53 Å². The van der Waals surface area contributed by atoms with Crippen molar-refractivity contribution in [2.75, 3.05) is 7.11 Å². The van der Waals surface area contributed by atoms with Crippen LogP contribution < -0.4 is 4.74 Å². The summed E-state index contributed by atoms with van der Waals surface area (Å²) in [5.74, 6) is 0.746. The number of rotatable bonds is 4. The van der Waals surface area contributed by atoms with Gasteiger partial charge in [0.2, 0.25) is 0 Å². The van der Waals surface area contributed by atoms with Crippen LogP contribution in [0, 0.1) is 0 Å². The van der Waals surface area contributed by atoms with E-state index in [1.165, 1.54) is 11.3 Å². The molecule has 1 aromatic heterocycles. The number of thiophene rings is 1. The highest BCUT2D eigenvalue weighted by molar-refractivity contribution is 9.10. The number of Topliss-reactive ketones (excluding diaryl/α,β-unsaturated/α-hetero) is 1. The number of carbonyl (C=O) groups is 1. The highest BCUT2D eigenvalue weighted by Crippen LogP contribution is 2.27. The summed E-state index contributed by atoms with van der Waals surface area (Å²) in [6.07, 6.45) is 0.387. The number of ketones is 1. The molecule has 0 aliphatic heterocycles. The first-order valence-corrected chi connectivity index (χ1v) is 6.77. The van der Waals surface area contributed by atoms with Gasteiger partial charge in [0.1, 0.15) is 10.6 Å². The fraction of sp³-hybridized carbons (Fsp3) is 0.154. The van der Waals surface area contributed by atoms with E-state index in [1.54, 1.807) is 7.11 Å². The molecule has 0 N–H and O–H groups in total. The van der Waals surface area contributed by atoms with Crippen LogP contribution in [0.25, 0.3) is 0 Å². The first kappa shape index (κ1) is 12.3. The molecule has 2 aromatic rings. The summed E-state index contributed by atoms with van der Waals surface area (Å²) in [5, 5.41) is 1.87. The molecule has 0 aliphatic carbocycles. The van der Waals surface area contributed by atoms with Crippen molar-refractivity contribution in [2.45, 2.75) is 6.42 Å². The van der Waals surface area contributed by atoms with Crippen molar-refractivity contribution in [3.05, 3.63) is 50.6 Å². The predicted molar refractivity (Wildman–Crippen MR) is 73.0 cm³/mol. The Labute approximate surface area is 112 Å². The number of benzene rings is 1. The molecule has 2 nitrogen and oxygen atoms in total. The van der Waals surface area contributed by atoms with Gasteiger partial charge in [-0.15, -0.1) is 11.3 Å². The molecule has 0 saturated carbocycles. The van der Waals surface area contributed by atoms with Crippen LogP contribution in [0.5, 0.6) is 5.75 Å². The molecule has 0 amide bonds. The fourth-order valence-corrected chi connectivity index (χ4v) is 2.78. The lowest BCUT2D eigenvalue weighted by atomic mass is 10.1. The Balaban J connectivity index is 2.20. The lowest BCUT2D eigenvalue weighted by molar-refractivity contribution is 0.0994. The summed E-state index contributed by atoms with van der Waals surface area (Å²) in [4.78, 5) is 12.8. The van der Waals surface area contributed by atoms with Gasteiger partial charge in [-0.2, -0.15) is 0 Å². The SMILES string of the molecule is COc1ccsc1C(=O)Cc1ccccc1Br. The molecular weight excluding hydrogens is 300 g/mol. The molecule has 2 rings (SSSR count). The van der Waals surface area contributed by atoms with Gasteiger partial charge in [0, 0.05) is 10.9 Å². The molecule has 0 atom stereocenters. The molecule has 0 unspecified atom stereocenters. The maximum absolute atomic E-state index is 12.1. The first-order valence-electron chi connectivity index (χ1n) is 5.10. The highest BCUT2D eigenvalue weighted by Gasteiger charge is 2.15. The standard InChI is InChI=1S/C13H11BrO2S/c1-16-12-6-7-17-13(12)11(15)8-9-4-2-3-5-10(9)14/h2-7H,8H2,1H3. The molecule has 0 aliphatic rings. The topological polar surface area (TPSA) is 26.3 Å². The van der Waals surface area contributed by atoms with Crippen LogP contribution in [0.2, 0.25) is 0 Å². The van der Waals surface area contributed by atoms with E-state index in [-0.39, 0.29) is 5.78 Å². The van der Waals surface area contributed by atoms with Gasteiger partial charge >= 0.3 is 0 Å². The van der Waals surface area contributed by atoms with Crippen LogP contribution in [0.3, 0.4) is 0 Å². The van der Waals surface area contributed by atoms with Gasteiger partial charge in [-0.3, -0.25) is 4.79 Å². The predicted octanol–water partition coefficient (Wildman–Crippen LogP) is 3.94. The summed E-state index contributed by atoms with van der Waals surface area (Å²) < 4.78 is 6.11. The lowest BCUT2D eigenvalue weighted by Gasteiger charge is -2.04. The van der Waals surface area contributed by atoms with E-state index in [9.17, 15) is 4.79 Å². The second kappa shape index (κ2) is 5.47. The second-order valence-corrected chi connectivity index (χ2v) is 5.28. The largest absolute Gasteiger partial charge is 0.495 e. The molecule has 17 heavy (non-hydrogen) atoms. The number of halogens is 1. The molecule has 0 spiro atoms. The minimum absolute atomic E-state index is 0.0868. The third-order valence-corrected chi connectivity index (χ3v) is 4.12. The molecule has 1 heterocycles. The quantitative estimate of drug-likeness (QED) is 0.799. The van der Waals surface area contributed by atoms with Gasteiger partial charge in [-0.1, -0.05) is 34.1 Å². The Morgan fingerprint density at radius 2 is 2.12 bits per heavy atom. The van der Waals surface area contributed by atoms with Crippen LogP contribution in [-0.4, -0.2) is 12.9 Å². The Morgan fingerprint density at radius 3 is 2.82 bits per heavy atom. The molecule has 0 radical (unpaired) electrons. The molecule has 1 aromatic carbocycles. The van der Waals surface area contributed by atoms with E-state index in [1.807, 2.05) is 35.7 Å². The summed E-state index contributed by atoms with van der Waals surface area (Å²) in [5.41, 5.74) is 0.993. The van der Waals surface area contributed by atoms with Crippen LogP contribution in [0.1, 0.15) is 15.2 Å². The van der Waals surface area contributed by atoms with Crippen molar-refractivity contribution >= 4 is 33.0 Å². The second-order valence-electron chi connectivity index (χ2n) is 3.51. The van der Waals surface area contributed by atoms with E-state index in [0.29, 0.717) is 17.0 Å². The van der Waals surface area contributed by atoms with Gasteiger partial charge in [-0.05, 0) is 23.1 Å². The minimum Gasteiger partial charge on any atom is -0.495 e. The van der Waals surface area contributed by atoms with Gasteiger partial charge in [0.25, 0.3) is 0 Å². The van der Waals surface area contributed by atoms with Crippen molar-refractivity contribution in [1.82, 2.24) is 0 Å². The summed E-state index contributed by atoms with van der Waals surface area (Å²) in [6.45, 7) is 0. The van der Waals surface area contributed by atoms with Crippen molar-refractivity contribution in [2.24, 2.45) is 0 Å². The Kier molecular flexibility index (Phi) is 3.97. The van der Waals surface area contributed by atoms with Crippen LogP contribution in [0.4, 0.5) is 0 Å². The van der Waals surface area contributed by atoms with Crippen LogP contribution >= 0.6 is 27.3 Å². The zero-order chi connectivity index (χ0) is 12.3. The van der Waals surface area contributed by atoms with Crippen LogP contribution in [-0.2, 0) is 6.42 Å². The normalized spacial score (nSPS) is 10.2. The third-order valence-electron chi connectivity index (χ3n) is 2.41. The van der Waals surface area contributed by atoms with E-state index < -0.39 is 0 Å². The minimum atomic E-state index is 0.0868.